The fraction of sp³-hybridized carbons (Fsp3) is 0.562. The highest BCUT2D eigenvalue weighted by Crippen LogP contribution is 2.16. The quantitative estimate of drug-likeness (QED) is 0.822. The number of rotatable bonds is 6. The maximum Gasteiger partial charge on any atom is 0.251 e. The van der Waals surface area contributed by atoms with E-state index in [-0.39, 0.29) is 11.9 Å². The molecule has 106 valence electrons. The molecule has 2 N–H and O–H groups in total. The van der Waals surface area contributed by atoms with Gasteiger partial charge in [-0.15, -0.1) is 0 Å². The number of carbonyl (C=O) groups excluding carboxylic acids is 1. The van der Waals surface area contributed by atoms with Gasteiger partial charge >= 0.3 is 0 Å². The van der Waals surface area contributed by atoms with E-state index in [4.69, 9.17) is 0 Å². The van der Waals surface area contributed by atoms with Gasteiger partial charge in [0.05, 0.1) is 0 Å². The summed E-state index contributed by atoms with van der Waals surface area (Å²) in [7, 11) is 0. The van der Waals surface area contributed by atoms with Gasteiger partial charge < -0.3 is 10.6 Å². The minimum atomic E-state index is 0.0132. The molecule has 1 rings (SSSR count). The summed E-state index contributed by atoms with van der Waals surface area (Å²) in [5.41, 5.74) is 2.93. The third-order valence-corrected chi connectivity index (χ3v) is 3.06. The highest BCUT2D eigenvalue weighted by Gasteiger charge is 2.11. The number of hydrogen-bond acceptors (Lipinski definition) is 2. The molecule has 1 aromatic carbocycles. The number of hydrogen-bond donors (Lipinski definition) is 2. The molecule has 0 aromatic heterocycles. The van der Waals surface area contributed by atoms with E-state index in [1.54, 1.807) is 0 Å². The van der Waals surface area contributed by atoms with Crippen molar-refractivity contribution in [2.24, 2.45) is 5.92 Å². The molecule has 0 heterocycles. The summed E-state index contributed by atoms with van der Waals surface area (Å²) >= 11 is 0. The standard InChI is InChI=1S/C16H26N2O/c1-6-17-15-8-7-14(10-12(15)4)16(19)18-13(5)9-11(2)3/h7-8,10-11,13,17H,6,9H2,1-5H3,(H,18,19). The molecule has 0 saturated heterocycles. The van der Waals surface area contributed by atoms with Crippen LogP contribution in [-0.4, -0.2) is 18.5 Å². The maximum absolute atomic E-state index is 12.1. The minimum absolute atomic E-state index is 0.0132. The second kappa shape index (κ2) is 7.17. The van der Waals surface area contributed by atoms with Crippen molar-refractivity contribution in [1.29, 1.82) is 0 Å². The van der Waals surface area contributed by atoms with Crippen molar-refractivity contribution >= 4 is 11.6 Å². The molecule has 0 bridgehead atoms. The van der Waals surface area contributed by atoms with Crippen LogP contribution in [0.3, 0.4) is 0 Å². The Bertz CT molecular complexity index is 427. The first-order valence-corrected chi connectivity index (χ1v) is 7.09. The van der Waals surface area contributed by atoms with Crippen LogP contribution in [0, 0.1) is 12.8 Å². The van der Waals surface area contributed by atoms with E-state index < -0.39 is 0 Å². The van der Waals surface area contributed by atoms with Crippen molar-refractivity contribution in [3.8, 4) is 0 Å². The Hall–Kier alpha value is -1.51. The molecule has 1 atom stereocenters. The molecule has 0 saturated carbocycles. The van der Waals surface area contributed by atoms with E-state index >= 15 is 0 Å². The van der Waals surface area contributed by atoms with E-state index in [1.165, 1.54) is 0 Å². The highest BCUT2D eigenvalue weighted by molar-refractivity contribution is 5.95. The second-order valence-corrected chi connectivity index (χ2v) is 5.56. The Morgan fingerprint density at radius 3 is 2.47 bits per heavy atom. The van der Waals surface area contributed by atoms with Gasteiger partial charge in [0.1, 0.15) is 0 Å². The van der Waals surface area contributed by atoms with Crippen LogP contribution >= 0.6 is 0 Å². The molecule has 0 fully saturated rings. The van der Waals surface area contributed by atoms with E-state index in [9.17, 15) is 4.79 Å². The van der Waals surface area contributed by atoms with Crippen LogP contribution in [0.2, 0.25) is 0 Å². The van der Waals surface area contributed by atoms with Crippen LogP contribution in [0.15, 0.2) is 18.2 Å². The molecule has 1 aromatic rings. The van der Waals surface area contributed by atoms with Crippen molar-refractivity contribution in [2.75, 3.05) is 11.9 Å². The molecular formula is C16H26N2O. The summed E-state index contributed by atoms with van der Waals surface area (Å²) < 4.78 is 0. The molecule has 0 aliphatic carbocycles. The summed E-state index contributed by atoms with van der Waals surface area (Å²) in [6, 6.07) is 6.00. The monoisotopic (exact) mass is 262 g/mol. The summed E-state index contributed by atoms with van der Waals surface area (Å²) in [6.07, 6.45) is 1.00. The van der Waals surface area contributed by atoms with Gasteiger partial charge in [-0.25, -0.2) is 0 Å². The maximum atomic E-state index is 12.1. The molecule has 1 unspecified atom stereocenters. The zero-order valence-corrected chi connectivity index (χ0v) is 12.7. The molecule has 3 heteroatoms. The van der Waals surface area contributed by atoms with Crippen LogP contribution in [0.25, 0.3) is 0 Å². The molecule has 19 heavy (non-hydrogen) atoms. The van der Waals surface area contributed by atoms with Crippen LogP contribution in [0.4, 0.5) is 5.69 Å². The van der Waals surface area contributed by atoms with Crippen LogP contribution in [-0.2, 0) is 0 Å². The number of aryl methyl sites for hydroxylation is 1. The van der Waals surface area contributed by atoms with Gasteiger partial charge in [-0.3, -0.25) is 4.79 Å². The van der Waals surface area contributed by atoms with Gasteiger partial charge in [-0.05, 0) is 56.9 Å². The normalized spacial score (nSPS) is 12.3. The molecule has 0 aliphatic rings. The number of nitrogens with one attached hydrogen (secondary N) is 2. The number of benzene rings is 1. The summed E-state index contributed by atoms with van der Waals surface area (Å²) in [6.45, 7) is 11.4. The van der Waals surface area contributed by atoms with Gasteiger partial charge in [0.2, 0.25) is 0 Å². The van der Waals surface area contributed by atoms with Gasteiger partial charge in [0.15, 0.2) is 0 Å². The summed E-state index contributed by atoms with van der Waals surface area (Å²) in [5.74, 6) is 0.604. The predicted molar refractivity (Wildman–Crippen MR) is 81.7 cm³/mol. The topological polar surface area (TPSA) is 41.1 Å². The lowest BCUT2D eigenvalue weighted by Crippen LogP contribution is -2.33. The Morgan fingerprint density at radius 2 is 1.95 bits per heavy atom. The van der Waals surface area contributed by atoms with Gasteiger partial charge in [0, 0.05) is 23.8 Å². The fourth-order valence-corrected chi connectivity index (χ4v) is 2.27. The smallest absolute Gasteiger partial charge is 0.251 e. The Labute approximate surface area is 116 Å². The lowest BCUT2D eigenvalue weighted by Gasteiger charge is -2.16. The molecule has 3 nitrogen and oxygen atoms in total. The third-order valence-electron chi connectivity index (χ3n) is 3.06. The third kappa shape index (κ3) is 4.93. The summed E-state index contributed by atoms with van der Waals surface area (Å²) in [5, 5.41) is 6.32. The molecule has 1 amide bonds. The van der Waals surface area contributed by atoms with Gasteiger partial charge in [-0.2, -0.15) is 0 Å². The Kier molecular flexibility index (Phi) is 5.87. The van der Waals surface area contributed by atoms with Crippen molar-refractivity contribution in [2.45, 2.75) is 47.1 Å². The van der Waals surface area contributed by atoms with E-state index in [2.05, 4.69) is 38.3 Å². The zero-order valence-electron chi connectivity index (χ0n) is 12.7. The summed E-state index contributed by atoms with van der Waals surface area (Å²) in [4.78, 5) is 12.1. The zero-order chi connectivity index (χ0) is 14.4. The van der Waals surface area contributed by atoms with Crippen molar-refractivity contribution in [1.82, 2.24) is 5.32 Å². The van der Waals surface area contributed by atoms with E-state index in [0.29, 0.717) is 5.92 Å². The second-order valence-electron chi connectivity index (χ2n) is 5.56. The van der Waals surface area contributed by atoms with Crippen LogP contribution < -0.4 is 10.6 Å². The Morgan fingerprint density at radius 1 is 1.26 bits per heavy atom. The van der Waals surface area contributed by atoms with Crippen molar-refractivity contribution < 1.29 is 4.79 Å². The SMILES string of the molecule is CCNc1ccc(C(=O)NC(C)CC(C)C)cc1C. The molecule has 0 aliphatic heterocycles. The number of amides is 1. The first-order valence-electron chi connectivity index (χ1n) is 7.09. The first kappa shape index (κ1) is 15.5. The predicted octanol–water partition coefficient (Wildman–Crippen LogP) is 3.59. The largest absolute Gasteiger partial charge is 0.385 e. The molecule has 0 spiro atoms. The van der Waals surface area contributed by atoms with Crippen LogP contribution in [0.1, 0.15) is 50.0 Å². The lowest BCUT2D eigenvalue weighted by molar-refractivity contribution is 0.0936. The highest BCUT2D eigenvalue weighted by atomic mass is 16.1. The van der Waals surface area contributed by atoms with Gasteiger partial charge in [-0.1, -0.05) is 13.8 Å². The average Bonchev–Trinajstić information content (AvgIpc) is 2.30. The fourth-order valence-electron chi connectivity index (χ4n) is 2.27. The van der Waals surface area contributed by atoms with Crippen molar-refractivity contribution in [3.05, 3.63) is 29.3 Å². The van der Waals surface area contributed by atoms with Gasteiger partial charge in [0.25, 0.3) is 5.91 Å². The Balaban J connectivity index is 2.69. The average molecular weight is 262 g/mol. The number of carbonyl (C=O) groups is 1. The van der Waals surface area contributed by atoms with E-state index in [0.717, 1.165) is 29.8 Å². The van der Waals surface area contributed by atoms with E-state index in [1.807, 2.05) is 25.1 Å². The lowest BCUT2D eigenvalue weighted by atomic mass is 10.0. The molecular weight excluding hydrogens is 236 g/mol. The minimum Gasteiger partial charge on any atom is -0.385 e. The van der Waals surface area contributed by atoms with Crippen molar-refractivity contribution in [3.63, 3.8) is 0 Å². The van der Waals surface area contributed by atoms with Crippen LogP contribution in [0.5, 0.6) is 0 Å². The molecule has 0 radical (unpaired) electrons. The first-order chi connectivity index (χ1) is 8.93. The number of anilines is 1.